The Bertz CT molecular complexity index is 3360. The molecule has 65 heavy (non-hydrogen) atoms. The molecule has 0 atom stereocenters. The summed E-state index contributed by atoms with van der Waals surface area (Å²) in [5.41, 5.74) is 22.9. The minimum absolute atomic E-state index is 0.157. The van der Waals surface area contributed by atoms with Gasteiger partial charge >= 0.3 is 0 Å². The molecule has 2 aliphatic carbocycles. The number of anilines is 3. The molecule has 0 aliphatic heterocycles. The van der Waals surface area contributed by atoms with E-state index < -0.39 is 5.41 Å². The van der Waals surface area contributed by atoms with Crippen LogP contribution in [0.25, 0.3) is 55.6 Å². The van der Waals surface area contributed by atoms with Gasteiger partial charge in [-0.25, -0.2) is 0 Å². The molecule has 0 heterocycles. The maximum absolute atomic E-state index is 2.51. The van der Waals surface area contributed by atoms with Gasteiger partial charge < -0.3 is 4.90 Å². The van der Waals surface area contributed by atoms with Gasteiger partial charge in [0.05, 0.1) is 16.8 Å². The smallest absolute Gasteiger partial charge is 0.0719 e. The van der Waals surface area contributed by atoms with Crippen molar-refractivity contribution in [2.45, 2.75) is 24.7 Å². The van der Waals surface area contributed by atoms with Crippen LogP contribution in [0.2, 0.25) is 0 Å². The minimum atomic E-state index is -0.469. The van der Waals surface area contributed by atoms with Gasteiger partial charge in [0.15, 0.2) is 0 Å². The molecule has 12 rings (SSSR count). The second kappa shape index (κ2) is 15.4. The molecule has 0 saturated carbocycles. The van der Waals surface area contributed by atoms with Crippen LogP contribution in [0, 0.1) is 0 Å². The van der Waals surface area contributed by atoms with Crippen LogP contribution in [0.3, 0.4) is 0 Å². The molecule has 0 saturated heterocycles. The predicted molar refractivity (Wildman–Crippen MR) is 272 cm³/mol. The maximum Gasteiger partial charge on any atom is 0.0719 e. The number of para-hydroxylation sites is 2. The molecule has 0 amide bonds. The average Bonchev–Trinajstić information content (AvgIpc) is 3.67. The lowest BCUT2D eigenvalue weighted by Crippen LogP contribution is -2.40. The van der Waals surface area contributed by atoms with E-state index in [1.165, 1.54) is 83.5 Å². The third kappa shape index (κ3) is 5.93. The first kappa shape index (κ1) is 38.7. The summed E-state index contributed by atoms with van der Waals surface area (Å²) in [5.74, 6) is 0. The van der Waals surface area contributed by atoms with Crippen LogP contribution >= 0.6 is 0 Å². The molecule has 1 nitrogen and oxygen atoms in total. The lowest BCUT2D eigenvalue weighted by molar-refractivity contribution is 0.563. The van der Waals surface area contributed by atoms with Crippen LogP contribution in [-0.2, 0) is 10.8 Å². The van der Waals surface area contributed by atoms with E-state index in [2.05, 4.69) is 267 Å². The zero-order valence-electron chi connectivity index (χ0n) is 36.6. The third-order valence-corrected chi connectivity index (χ3v) is 14.2. The van der Waals surface area contributed by atoms with E-state index in [1.54, 1.807) is 0 Å². The van der Waals surface area contributed by atoms with Crippen LogP contribution in [0.5, 0.6) is 0 Å². The normalized spacial score (nSPS) is 13.6. The summed E-state index contributed by atoms with van der Waals surface area (Å²) in [4.78, 5) is 2.51. The van der Waals surface area contributed by atoms with Crippen molar-refractivity contribution >= 4 is 17.1 Å². The quantitative estimate of drug-likeness (QED) is 0.155. The van der Waals surface area contributed by atoms with Crippen molar-refractivity contribution in [1.29, 1.82) is 0 Å². The van der Waals surface area contributed by atoms with Gasteiger partial charge in [-0.15, -0.1) is 0 Å². The number of rotatable bonds is 7. The van der Waals surface area contributed by atoms with E-state index in [9.17, 15) is 0 Å². The fourth-order valence-corrected chi connectivity index (χ4v) is 11.4. The van der Waals surface area contributed by atoms with Crippen molar-refractivity contribution in [3.63, 3.8) is 0 Å². The number of nitrogens with zero attached hydrogens (tertiary/aromatic N) is 1. The van der Waals surface area contributed by atoms with Gasteiger partial charge in [-0.2, -0.15) is 0 Å². The Balaban J connectivity index is 1.12. The van der Waals surface area contributed by atoms with Gasteiger partial charge in [-0.05, 0) is 102 Å². The summed E-state index contributed by atoms with van der Waals surface area (Å²) >= 11 is 0. The molecule has 1 spiro atoms. The van der Waals surface area contributed by atoms with Crippen molar-refractivity contribution < 1.29 is 0 Å². The molecular formula is C64H47N. The molecule has 0 bridgehead atoms. The highest BCUT2D eigenvalue weighted by Gasteiger charge is 2.53. The predicted octanol–water partition coefficient (Wildman–Crippen LogP) is 16.8. The van der Waals surface area contributed by atoms with Crippen molar-refractivity contribution in [3.8, 4) is 55.6 Å². The lowest BCUT2D eigenvalue weighted by Gasteiger charge is -2.46. The molecule has 1 heteroatoms. The fraction of sp³-hybridized carbons (Fsp3) is 0.0625. The van der Waals surface area contributed by atoms with Gasteiger partial charge in [-0.1, -0.05) is 238 Å². The van der Waals surface area contributed by atoms with E-state index in [-0.39, 0.29) is 5.41 Å². The van der Waals surface area contributed by atoms with E-state index in [0.29, 0.717) is 0 Å². The Hall–Kier alpha value is -8.00. The molecule has 0 N–H and O–H groups in total. The highest BCUT2D eigenvalue weighted by atomic mass is 15.1. The summed E-state index contributed by atoms with van der Waals surface area (Å²) in [6, 6.07) is 92.0. The van der Waals surface area contributed by atoms with E-state index in [1.807, 2.05) is 0 Å². The monoisotopic (exact) mass is 829 g/mol. The minimum Gasteiger partial charge on any atom is -0.309 e. The van der Waals surface area contributed by atoms with Crippen molar-refractivity contribution in [3.05, 3.63) is 282 Å². The molecule has 2 aliphatic rings. The van der Waals surface area contributed by atoms with Gasteiger partial charge in [0.1, 0.15) is 0 Å². The van der Waals surface area contributed by atoms with Crippen molar-refractivity contribution in [2.24, 2.45) is 0 Å². The SMILES string of the molecule is CC1(C)c2ccccc2C2(c3ccccc3-c3cc(N(c4ccccc4-c4ccccc4)c4ccccc4-c4ccccc4-c4ccccc4-c4ccccc4)ccc32)c2ccccc21. The molecule has 0 unspecified atom stereocenters. The van der Waals surface area contributed by atoms with Crippen LogP contribution in [0.4, 0.5) is 17.1 Å². The summed E-state index contributed by atoms with van der Waals surface area (Å²) in [6.45, 7) is 4.78. The van der Waals surface area contributed by atoms with Gasteiger partial charge in [0, 0.05) is 22.2 Å². The number of hydrogen-bond donors (Lipinski definition) is 0. The topological polar surface area (TPSA) is 3.24 Å². The van der Waals surface area contributed by atoms with Crippen molar-refractivity contribution in [2.75, 3.05) is 4.90 Å². The molecular weight excluding hydrogens is 783 g/mol. The molecule has 10 aromatic rings. The Kier molecular flexibility index (Phi) is 9.14. The van der Waals surface area contributed by atoms with Gasteiger partial charge in [0.2, 0.25) is 0 Å². The Morgan fingerprint density at radius 2 is 0.631 bits per heavy atom. The number of fused-ring (bicyclic) bond motifs is 9. The van der Waals surface area contributed by atoms with E-state index in [0.717, 1.165) is 22.6 Å². The summed E-state index contributed by atoms with van der Waals surface area (Å²) < 4.78 is 0. The molecule has 10 aromatic carbocycles. The first-order valence-electron chi connectivity index (χ1n) is 22.8. The van der Waals surface area contributed by atoms with Crippen LogP contribution in [0.1, 0.15) is 47.2 Å². The second-order valence-corrected chi connectivity index (χ2v) is 17.9. The van der Waals surface area contributed by atoms with Crippen molar-refractivity contribution in [1.82, 2.24) is 0 Å². The highest BCUT2D eigenvalue weighted by molar-refractivity contribution is 6.00. The number of hydrogen-bond acceptors (Lipinski definition) is 1. The van der Waals surface area contributed by atoms with Crippen LogP contribution < -0.4 is 4.90 Å². The zero-order chi connectivity index (χ0) is 43.5. The largest absolute Gasteiger partial charge is 0.309 e. The second-order valence-electron chi connectivity index (χ2n) is 17.9. The van der Waals surface area contributed by atoms with Crippen LogP contribution in [0.15, 0.2) is 249 Å². The summed E-state index contributed by atoms with van der Waals surface area (Å²) in [5, 5.41) is 0. The Morgan fingerprint density at radius 3 is 1.22 bits per heavy atom. The lowest BCUT2D eigenvalue weighted by atomic mass is 9.55. The Morgan fingerprint density at radius 1 is 0.262 bits per heavy atom. The molecule has 0 radical (unpaired) electrons. The summed E-state index contributed by atoms with van der Waals surface area (Å²) in [6.07, 6.45) is 0. The standard InChI is InChI=1S/C64H47N/c1-63(2)57-35-17-19-37-59(57)64(60-38-20-18-36-58(60)63)55-34-16-13-32-52(55)54-43-46(41-42-56(54)64)65(61-39-21-14-28-48(61)45-25-7-4-8-26-45)62-40-22-15-33-53(62)51-31-12-11-30-50(51)49-29-10-9-27-47(49)44-23-5-3-6-24-44/h3-43H,1-2H3. The zero-order valence-corrected chi connectivity index (χ0v) is 36.6. The maximum atomic E-state index is 2.51. The third-order valence-electron chi connectivity index (χ3n) is 14.2. The van der Waals surface area contributed by atoms with Crippen LogP contribution in [-0.4, -0.2) is 0 Å². The number of benzene rings is 10. The first-order valence-corrected chi connectivity index (χ1v) is 22.8. The first-order chi connectivity index (χ1) is 32.0. The van der Waals surface area contributed by atoms with Gasteiger partial charge in [0.25, 0.3) is 0 Å². The molecule has 0 aromatic heterocycles. The Labute approximate surface area is 382 Å². The fourth-order valence-electron chi connectivity index (χ4n) is 11.4. The summed E-state index contributed by atoms with van der Waals surface area (Å²) in [7, 11) is 0. The van der Waals surface area contributed by atoms with Gasteiger partial charge in [-0.3, -0.25) is 0 Å². The van der Waals surface area contributed by atoms with E-state index in [4.69, 9.17) is 0 Å². The molecule has 308 valence electrons. The highest BCUT2D eigenvalue weighted by Crippen LogP contribution is 2.63. The van der Waals surface area contributed by atoms with E-state index >= 15 is 0 Å². The molecule has 0 fully saturated rings. The average molecular weight is 830 g/mol.